The number of rotatable bonds is 0. The summed E-state index contributed by atoms with van der Waals surface area (Å²) in [7, 11) is 0. The van der Waals surface area contributed by atoms with Crippen molar-refractivity contribution in [3.63, 3.8) is 0 Å². The molecule has 0 aliphatic heterocycles. The molecule has 0 aliphatic rings. The van der Waals surface area contributed by atoms with Gasteiger partial charge in [-0.15, -0.1) is 0 Å². The monoisotopic (exact) mass is 356 g/mol. The maximum absolute atomic E-state index is 9.51. The highest BCUT2D eigenvalue weighted by Crippen LogP contribution is 2.61. The fourth-order valence-electron chi connectivity index (χ4n) is 0.921. The first kappa shape index (κ1) is 18.9. The topological polar surface area (TPSA) is 77.8 Å². The van der Waals surface area contributed by atoms with E-state index in [0.717, 1.165) is 0 Å². The van der Waals surface area contributed by atoms with Crippen LogP contribution >= 0.6 is 38.9 Å². The molecule has 0 radical (unpaired) electrons. The maximum atomic E-state index is 9.51. The highest BCUT2D eigenvalue weighted by Gasteiger charge is 2.02. The lowest BCUT2D eigenvalue weighted by Crippen LogP contribution is -1.61. The Hall–Kier alpha value is -1.06. The van der Waals surface area contributed by atoms with E-state index in [1.807, 2.05) is 6.07 Å². The van der Waals surface area contributed by atoms with Gasteiger partial charge in [0, 0.05) is 6.07 Å². The van der Waals surface area contributed by atoms with Crippen molar-refractivity contribution in [2.75, 3.05) is 0 Å². The van der Waals surface area contributed by atoms with E-state index in [0.29, 0.717) is 5.75 Å². The van der Waals surface area contributed by atoms with Crippen molar-refractivity contribution >= 4 is 38.9 Å². The lowest BCUT2D eigenvalue weighted by atomic mass is 10.3. The molecule has 0 heterocycles. The molecular weight excluding hydrogens is 345 g/mol. The second-order valence-corrected chi connectivity index (χ2v) is 9.89. The van der Waals surface area contributed by atoms with Gasteiger partial charge < -0.3 is 15.3 Å². The zero-order chi connectivity index (χ0) is 15.6. The van der Waals surface area contributed by atoms with Gasteiger partial charge in [0.25, 0.3) is 0 Å². The minimum Gasteiger partial charge on any atom is -0.508 e. The summed E-state index contributed by atoms with van der Waals surface area (Å²) < 4.78 is 9.51. The Kier molecular flexibility index (Phi) is 9.26. The molecule has 0 amide bonds. The number of benzene rings is 2. The summed E-state index contributed by atoms with van der Waals surface area (Å²) in [6.07, 6.45) is 0. The third kappa shape index (κ3) is 15.0. The first-order valence-electron chi connectivity index (χ1n) is 5.09. The number of phenols is 3. The number of aromatic hydroxyl groups is 3. The Morgan fingerprint density at radius 2 is 1.05 bits per heavy atom. The number of phenolic OH excluding ortho intramolecular Hbond substituents is 3. The van der Waals surface area contributed by atoms with Crippen molar-refractivity contribution in [3.05, 3.63) is 54.6 Å². The van der Waals surface area contributed by atoms with Crippen molar-refractivity contribution < 1.29 is 19.9 Å². The fraction of sp³-hybridized carbons (Fsp3) is 0. The molecule has 0 saturated carbocycles. The summed E-state index contributed by atoms with van der Waals surface area (Å²) in [6, 6.07) is 14.6. The van der Waals surface area contributed by atoms with E-state index >= 15 is 0 Å². The van der Waals surface area contributed by atoms with E-state index in [1.54, 1.807) is 30.3 Å². The van der Waals surface area contributed by atoms with Crippen molar-refractivity contribution in [1.82, 2.24) is 0 Å². The molecule has 0 saturated heterocycles. The zero-order valence-corrected chi connectivity index (χ0v) is 13.2. The van der Waals surface area contributed by atoms with Gasteiger partial charge in [-0.2, -0.15) is 0 Å². The lowest BCUT2D eigenvalue weighted by Gasteiger charge is -1.89. The van der Waals surface area contributed by atoms with Gasteiger partial charge in [0.1, 0.15) is 17.2 Å². The summed E-state index contributed by atoms with van der Waals surface area (Å²) in [5.41, 5.74) is 0. The van der Waals surface area contributed by atoms with E-state index in [9.17, 15) is 4.57 Å². The molecule has 8 heteroatoms. The summed E-state index contributed by atoms with van der Waals surface area (Å²) >= 11 is 13.8. The predicted molar refractivity (Wildman–Crippen MR) is 83.0 cm³/mol. The fourth-order valence-corrected chi connectivity index (χ4v) is 0.921. The highest BCUT2D eigenvalue weighted by molar-refractivity contribution is 8.24. The molecule has 0 aliphatic carbocycles. The van der Waals surface area contributed by atoms with Crippen LogP contribution in [-0.4, -0.2) is 15.3 Å². The second-order valence-electron chi connectivity index (χ2n) is 3.25. The molecule has 0 aromatic heterocycles. The molecule has 4 nitrogen and oxygen atoms in total. The van der Waals surface area contributed by atoms with Gasteiger partial charge in [0.05, 0.1) is 0 Å². The Bertz CT molecular complexity index is 520. The molecule has 110 valence electrons. The summed E-state index contributed by atoms with van der Waals surface area (Å²) in [6.45, 7) is 0. The van der Waals surface area contributed by atoms with Gasteiger partial charge in [0.2, 0.25) is 0 Å². The summed E-state index contributed by atoms with van der Waals surface area (Å²) in [5.74, 6) is 0.498. The van der Waals surface area contributed by atoms with E-state index in [4.69, 9.17) is 15.3 Å². The number of para-hydroxylation sites is 1. The summed E-state index contributed by atoms with van der Waals surface area (Å²) in [4.78, 5) is 0. The van der Waals surface area contributed by atoms with Crippen LogP contribution in [0, 0.1) is 0 Å². The van der Waals surface area contributed by atoms with E-state index in [2.05, 4.69) is 33.7 Å². The van der Waals surface area contributed by atoms with Crippen LogP contribution in [0.4, 0.5) is 0 Å². The highest BCUT2D eigenvalue weighted by atomic mass is 36.0. The van der Waals surface area contributed by atoms with Gasteiger partial charge in [-0.05, 0) is 58.0 Å². The smallest absolute Gasteiger partial charge is 0.339 e. The van der Waals surface area contributed by atoms with Crippen LogP contribution in [0.5, 0.6) is 17.2 Å². The predicted octanol–water partition coefficient (Wildman–Crippen LogP) is 5.30. The van der Waals surface area contributed by atoms with Gasteiger partial charge in [-0.1, -0.05) is 24.3 Å². The number of halogens is 3. The van der Waals surface area contributed by atoms with Crippen molar-refractivity contribution in [2.45, 2.75) is 0 Å². The van der Waals surface area contributed by atoms with Crippen molar-refractivity contribution in [1.29, 1.82) is 0 Å². The molecule has 0 atom stereocenters. The number of hydrogen-bond acceptors (Lipinski definition) is 4. The number of hydrogen-bond donors (Lipinski definition) is 3. The average Bonchev–Trinajstić information content (AvgIpc) is 2.28. The van der Waals surface area contributed by atoms with Gasteiger partial charge in [0.15, 0.2) is 0 Å². The third-order valence-corrected chi connectivity index (χ3v) is 1.59. The summed E-state index contributed by atoms with van der Waals surface area (Å²) in [5, 5.41) is 22.7. The molecule has 3 N–H and O–H groups in total. The Morgan fingerprint density at radius 3 is 1.25 bits per heavy atom. The van der Waals surface area contributed by atoms with Crippen LogP contribution in [0.15, 0.2) is 54.6 Å². The van der Waals surface area contributed by atoms with Gasteiger partial charge >= 0.3 is 5.20 Å². The molecule has 0 unspecified atom stereocenters. The average molecular weight is 358 g/mol. The molecule has 0 bridgehead atoms. The third-order valence-electron chi connectivity index (χ3n) is 1.59. The normalized spacial score (nSPS) is 9.55. The zero-order valence-electron chi connectivity index (χ0n) is 10.0. The minimum atomic E-state index is -3.22. The molecular formula is C12H12Cl3O4P. The van der Waals surface area contributed by atoms with Crippen LogP contribution in [-0.2, 0) is 4.57 Å². The first-order valence-corrected chi connectivity index (χ1v) is 9.51. The molecule has 2 aromatic rings. The van der Waals surface area contributed by atoms with Crippen LogP contribution < -0.4 is 0 Å². The van der Waals surface area contributed by atoms with Crippen LogP contribution in [0.2, 0.25) is 0 Å². The molecule has 20 heavy (non-hydrogen) atoms. The largest absolute Gasteiger partial charge is 0.508 e. The van der Waals surface area contributed by atoms with Crippen molar-refractivity contribution in [3.8, 4) is 17.2 Å². The van der Waals surface area contributed by atoms with Crippen LogP contribution in [0.1, 0.15) is 0 Å². The van der Waals surface area contributed by atoms with E-state index < -0.39 is 5.20 Å². The van der Waals surface area contributed by atoms with E-state index in [-0.39, 0.29) is 11.5 Å². The molecule has 0 spiro atoms. The van der Waals surface area contributed by atoms with Gasteiger partial charge in [-0.3, -0.25) is 4.57 Å². The Labute approximate surface area is 130 Å². The standard InChI is InChI=1S/C6H6O2.C6H6O.Cl3OP/c7-5-2-1-3-6(8)4-5;7-6-4-2-1-3-5-6;1-5(2,3)4/h1-4,7-8H;1-5,7H;. The Balaban J connectivity index is 0.000000280. The molecule has 2 aromatic carbocycles. The van der Waals surface area contributed by atoms with Crippen LogP contribution in [0.3, 0.4) is 0 Å². The van der Waals surface area contributed by atoms with Crippen molar-refractivity contribution in [2.24, 2.45) is 0 Å². The minimum absolute atomic E-state index is 0.0880. The molecule has 2 rings (SSSR count). The maximum Gasteiger partial charge on any atom is 0.339 e. The molecule has 0 fully saturated rings. The van der Waals surface area contributed by atoms with Crippen LogP contribution in [0.25, 0.3) is 0 Å². The first-order chi connectivity index (χ1) is 9.18. The lowest BCUT2D eigenvalue weighted by molar-refractivity contribution is 0.450. The second kappa shape index (κ2) is 9.78. The quantitative estimate of drug-likeness (QED) is 0.559. The Morgan fingerprint density at radius 1 is 0.700 bits per heavy atom. The van der Waals surface area contributed by atoms with E-state index in [1.165, 1.54) is 18.2 Å². The van der Waals surface area contributed by atoms with Gasteiger partial charge in [-0.25, -0.2) is 0 Å². The SMILES string of the molecule is O=P(Cl)(Cl)Cl.Oc1cccc(O)c1.Oc1ccccc1.